The number of halogens is 4. The van der Waals surface area contributed by atoms with Gasteiger partial charge in [-0.15, -0.1) is 0 Å². The summed E-state index contributed by atoms with van der Waals surface area (Å²) in [5.74, 6) is -1.37. The van der Waals surface area contributed by atoms with Crippen LogP contribution in [-0.2, 0) is 11.3 Å². The van der Waals surface area contributed by atoms with Gasteiger partial charge in [0.2, 0.25) is 5.91 Å². The van der Waals surface area contributed by atoms with Gasteiger partial charge in [-0.1, -0.05) is 17.7 Å². The Morgan fingerprint density at radius 2 is 2.02 bits per heavy atom. The average Bonchev–Trinajstić information content (AvgIpc) is 3.54. The van der Waals surface area contributed by atoms with Crippen LogP contribution in [0.3, 0.4) is 0 Å². The molecular weight excluding hydrogens is 549 g/mol. The molecule has 1 aliphatic heterocycles. The number of nitrogens with two attached hydrogens (primary N) is 1. The van der Waals surface area contributed by atoms with E-state index in [-0.39, 0.29) is 34.6 Å². The normalized spacial score (nSPS) is 13.3. The van der Waals surface area contributed by atoms with Gasteiger partial charge in [0.15, 0.2) is 11.6 Å². The maximum atomic E-state index is 14.7. The monoisotopic (exact) mass is 570 g/mol. The Hall–Kier alpha value is -4.52. The van der Waals surface area contributed by atoms with E-state index in [0.29, 0.717) is 30.2 Å². The number of hydrogen-bond acceptors (Lipinski definition) is 7. The molecule has 10 nitrogen and oxygen atoms in total. The van der Waals surface area contributed by atoms with E-state index in [1.807, 2.05) is 0 Å². The molecular formula is C26H22ClF3N8O2. The highest BCUT2D eigenvalue weighted by Gasteiger charge is 2.25. The summed E-state index contributed by atoms with van der Waals surface area (Å²) in [7, 11) is 0. The third kappa shape index (κ3) is 5.32. The quantitative estimate of drug-likeness (QED) is 0.327. The number of aryl methyl sites for hydroxylation is 1. The van der Waals surface area contributed by atoms with E-state index in [1.165, 1.54) is 17.8 Å². The van der Waals surface area contributed by atoms with Crippen molar-refractivity contribution in [3.05, 3.63) is 76.3 Å². The predicted octanol–water partition coefficient (Wildman–Crippen LogP) is 4.78. The van der Waals surface area contributed by atoms with Crippen LogP contribution >= 0.6 is 11.6 Å². The van der Waals surface area contributed by atoms with Gasteiger partial charge in [-0.3, -0.25) is 24.2 Å². The standard InChI is InChI=1S/C26H22ClF3N8O2/c1-13-23(36-19(10-32-13)21-16(24(29)30)4-5-17(27)22(21)28)26(40)35-15-9-34-37(12-15)11-14-7-18(31)25(33-8-14)38-6-2-3-20(38)39/h4-5,7-10,12,24H,2-3,6,11,31H2,1H3,(H,35,40). The van der Waals surface area contributed by atoms with Gasteiger partial charge in [-0.05, 0) is 31.0 Å². The van der Waals surface area contributed by atoms with Gasteiger partial charge < -0.3 is 11.1 Å². The first kappa shape index (κ1) is 27.1. The number of nitrogen functional groups attached to an aromatic ring is 1. The van der Waals surface area contributed by atoms with Gasteiger partial charge in [-0.25, -0.2) is 23.1 Å². The molecule has 14 heteroatoms. The second-order valence-corrected chi connectivity index (χ2v) is 9.51. The summed E-state index contributed by atoms with van der Waals surface area (Å²) >= 11 is 5.81. The second kappa shape index (κ2) is 10.9. The molecule has 206 valence electrons. The number of nitrogens with zero attached hydrogens (tertiary/aromatic N) is 6. The first-order valence-electron chi connectivity index (χ1n) is 12.1. The summed E-state index contributed by atoms with van der Waals surface area (Å²) in [5.41, 5.74) is 6.16. The summed E-state index contributed by atoms with van der Waals surface area (Å²) < 4.78 is 43.4. The van der Waals surface area contributed by atoms with Gasteiger partial charge in [0.05, 0.1) is 46.7 Å². The van der Waals surface area contributed by atoms with Gasteiger partial charge in [-0.2, -0.15) is 5.10 Å². The molecule has 2 amide bonds. The number of carbonyl (C=O) groups is 2. The van der Waals surface area contributed by atoms with Gasteiger partial charge in [0.25, 0.3) is 12.3 Å². The Labute approximate surface area is 231 Å². The molecule has 0 radical (unpaired) electrons. The van der Waals surface area contributed by atoms with E-state index in [2.05, 4.69) is 25.4 Å². The highest BCUT2D eigenvalue weighted by atomic mass is 35.5. The molecule has 0 unspecified atom stereocenters. The minimum atomic E-state index is -3.00. The lowest BCUT2D eigenvalue weighted by Crippen LogP contribution is -2.25. The number of alkyl halides is 2. The van der Waals surface area contributed by atoms with Crippen LogP contribution in [-0.4, -0.2) is 43.1 Å². The lowest BCUT2D eigenvalue weighted by molar-refractivity contribution is -0.117. The molecule has 5 rings (SSSR count). The van der Waals surface area contributed by atoms with E-state index in [9.17, 15) is 22.8 Å². The fourth-order valence-corrected chi connectivity index (χ4v) is 4.55. The Morgan fingerprint density at radius 1 is 1.23 bits per heavy atom. The Bertz CT molecular complexity index is 1630. The van der Waals surface area contributed by atoms with Crippen LogP contribution in [0, 0.1) is 12.7 Å². The molecule has 1 aliphatic rings. The Balaban J connectivity index is 1.33. The Morgan fingerprint density at radius 3 is 2.73 bits per heavy atom. The fraction of sp³-hybridized carbons (Fsp3) is 0.231. The molecule has 0 bridgehead atoms. The van der Waals surface area contributed by atoms with Gasteiger partial charge >= 0.3 is 0 Å². The van der Waals surface area contributed by atoms with Crippen LogP contribution in [0.1, 0.15) is 46.6 Å². The van der Waals surface area contributed by atoms with Crippen molar-refractivity contribution >= 4 is 40.6 Å². The molecule has 1 saturated heterocycles. The molecule has 3 N–H and O–H groups in total. The van der Waals surface area contributed by atoms with Crippen molar-refractivity contribution in [2.45, 2.75) is 32.7 Å². The summed E-state index contributed by atoms with van der Waals surface area (Å²) in [6, 6.07) is 3.74. The third-order valence-electron chi connectivity index (χ3n) is 6.31. The summed E-state index contributed by atoms with van der Waals surface area (Å²) in [5, 5.41) is 6.49. The molecule has 4 aromatic rings. The van der Waals surface area contributed by atoms with Crippen LogP contribution in [0.4, 0.5) is 30.4 Å². The van der Waals surface area contributed by atoms with Crippen molar-refractivity contribution in [1.82, 2.24) is 24.7 Å². The van der Waals surface area contributed by atoms with Crippen molar-refractivity contribution in [3.8, 4) is 11.3 Å². The zero-order chi connectivity index (χ0) is 28.6. The molecule has 3 aromatic heterocycles. The molecule has 1 aromatic carbocycles. The maximum absolute atomic E-state index is 14.7. The average molecular weight is 571 g/mol. The lowest BCUT2D eigenvalue weighted by atomic mass is 10.0. The smallest absolute Gasteiger partial charge is 0.276 e. The lowest BCUT2D eigenvalue weighted by Gasteiger charge is -2.17. The minimum Gasteiger partial charge on any atom is -0.396 e. The number of amides is 2. The predicted molar refractivity (Wildman–Crippen MR) is 142 cm³/mol. The van der Waals surface area contributed by atoms with Crippen LogP contribution < -0.4 is 16.0 Å². The van der Waals surface area contributed by atoms with Crippen LogP contribution in [0.15, 0.2) is 43.0 Å². The first-order chi connectivity index (χ1) is 19.1. The fourth-order valence-electron chi connectivity index (χ4n) is 4.39. The number of nitrogens with one attached hydrogen (secondary N) is 1. The summed E-state index contributed by atoms with van der Waals surface area (Å²) in [6.45, 7) is 2.36. The van der Waals surface area contributed by atoms with Crippen LogP contribution in [0.2, 0.25) is 5.02 Å². The highest BCUT2D eigenvalue weighted by Crippen LogP contribution is 2.35. The zero-order valence-corrected chi connectivity index (χ0v) is 21.8. The number of anilines is 3. The molecule has 0 spiro atoms. The van der Waals surface area contributed by atoms with Crippen molar-refractivity contribution in [1.29, 1.82) is 0 Å². The molecule has 0 saturated carbocycles. The van der Waals surface area contributed by atoms with E-state index in [1.54, 1.807) is 23.4 Å². The number of pyridine rings is 1. The number of hydrogen-bond donors (Lipinski definition) is 2. The molecule has 40 heavy (non-hydrogen) atoms. The SMILES string of the molecule is Cc1ncc(-c2c(C(F)F)ccc(Cl)c2F)nc1C(=O)Nc1cnn(Cc2cnc(N3CCCC3=O)c(N)c2)c1. The largest absolute Gasteiger partial charge is 0.396 e. The first-order valence-corrected chi connectivity index (χ1v) is 12.5. The number of aromatic nitrogens is 5. The maximum Gasteiger partial charge on any atom is 0.276 e. The second-order valence-electron chi connectivity index (χ2n) is 9.10. The molecule has 4 heterocycles. The molecule has 1 fully saturated rings. The topological polar surface area (TPSA) is 132 Å². The minimum absolute atomic E-state index is 0.0166. The molecule has 0 atom stereocenters. The third-order valence-corrected chi connectivity index (χ3v) is 6.60. The summed E-state index contributed by atoms with van der Waals surface area (Å²) in [6.07, 6.45) is 3.90. The highest BCUT2D eigenvalue weighted by molar-refractivity contribution is 6.31. The molecule has 0 aliphatic carbocycles. The number of carbonyl (C=O) groups excluding carboxylic acids is 2. The van der Waals surface area contributed by atoms with Crippen LogP contribution in [0.25, 0.3) is 11.3 Å². The number of rotatable bonds is 7. The van der Waals surface area contributed by atoms with Gasteiger partial charge in [0.1, 0.15) is 5.69 Å². The van der Waals surface area contributed by atoms with Crippen molar-refractivity contribution < 1.29 is 22.8 Å². The van der Waals surface area contributed by atoms with E-state index >= 15 is 0 Å². The van der Waals surface area contributed by atoms with E-state index in [0.717, 1.165) is 30.3 Å². The van der Waals surface area contributed by atoms with Crippen molar-refractivity contribution in [2.24, 2.45) is 0 Å². The van der Waals surface area contributed by atoms with Crippen molar-refractivity contribution in [3.63, 3.8) is 0 Å². The van der Waals surface area contributed by atoms with E-state index < -0.39 is 29.3 Å². The van der Waals surface area contributed by atoms with Gasteiger partial charge in [0, 0.05) is 36.5 Å². The Kier molecular flexibility index (Phi) is 7.39. The van der Waals surface area contributed by atoms with E-state index in [4.69, 9.17) is 17.3 Å². The van der Waals surface area contributed by atoms with Crippen molar-refractivity contribution in [2.75, 3.05) is 22.5 Å². The van der Waals surface area contributed by atoms with Crippen LogP contribution in [0.5, 0.6) is 0 Å². The number of benzene rings is 1. The zero-order valence-electron chi connectivity index (χ0n) is 21.0. The summed E-state index contributed by atoms with van der Waals surface area (Å²) in [4.78, 5) is 39.1.